The normalized spacial score (nSPS) is 11.1. The van der Waals surface area contributed by atoms with Gasteiger partial charge in [-0.2, -0.15) is 0 Å². The maximum Gasteiger partial charge on any atom is 0.137 e. The van der Waals surface area contributed by atoms with Crippen LogP contribution in [0.3, 0.4) is 0 Å². The Morgan fingerprint density at radius 2 is 2.00 bits per heavy atom. The number of thiazole rings is 1. The minimum atomic E-state index is 0.908. The predicted molar refractivity (Wildman–Crippen MR) is 86.2 cm³/mol. The molecule has 0 spiro atoms. The van der Waals surface area contributed by atoms with Crippen LogP contribution in [0.25, 0.3) is 32.7 Å². The van der Waals surface area contributed by atoms with Crippen molar-refractivity contribution in [1.29, 1.82) is 0 Å². The second kappa shape index (κ2) is 4.82. The third-order valence-electron chi connectivity index (χ3n) is 3.43. The first-order valence-corrected chi connectivity index (χ1v) is 7.51. The van der Waals surface area contributed by atoms with Crippen LogP contribution in [0.15, 0.2) is 48.8 Å². The van der Waals surface area contributed by atoms with Crippen molar-refractivity contribution in [3.05, 3.63) is 59.9 Å². The number of hydrogen-bond acceptors (Lipinski definition) is 3. The van der Waals surface area contributed by atoms with E-state index in [9.17, 15) is 0 Å². The molecule has 3 nitrogen and oxygen atoms in total. The van der Waals surface area contributed by atoms with Crippen molar-refractivity contribution < 1.29 is 0 Å². The van der Waals surface area contributed by atoms with Crippen LogP contribution in [0, 0.1) is 13.0 Å². The van der Waals surface area contributed by atoms with E-state index in [2.05, 4.69) is 28.2 Å². The zero-order chi connectivity index (χ0) is 14.2. The maximum absolute atomic E-state index is 4.72. The number of pyridine rings is 1. The zero-order valence-electron chi connectivity index (χ0n) is 11.4. The molecule has 0 bridgehead atoms. The van der Waals surface area contributed by atoms with Gasteiger partial charge in [-0.1, -0.05) is 24.3 Å². The molecule has 3 heterocycles. The molecular formula is C17H12N3S. The van der Waals surface area contributed by atoms with Gasteiger partial charge in [-0.15, -0.1) is 11.3 Å². The summed E-state index contributed by atoms with van der Waals surface area (Å²) in [5.74, 6) is 0. The lowest BCUT2D eigenvalue weighted by molar-refractivity contribution is 1.30. The second-order valence-electron chi connectivity index (χ2n) is 4.80. The first-order chi connectivity index (χ1) is 10.3. The average Bonchev–Trinajstić information content (AvgIpc) is 3.14. The number of rotatable bonds is 2. The van der Waals surface area contributed by atoms with Gasteiger partial charge in [-0.05, 0) is 25.1 Å². The molecule has 0 saturated carbocycles. The summed E-state index contributed by atoms with van der Waals surface area (Å²) in [6.45, 7) is 2.04. The highest BCUT2D eigenvalue weighted by molar-refractivity contribution is 7.15. The first-order valence-electron chi connectivity index (χ1n) is 6.69. The number of nitrogens with zero attached hydrogens (tertiary/aromatic N) is 2. The van der Waals surface area contributed by atoms with E-state index in [-0.39, 0.29) is 0 Å². The summed E-state index contributed by atoms with van der Waals surface area (Å²) in [5.41, 5.74) is 4.23. The molecule has 101 valence electrons. The molecular weight excluding hydrogens is 278 g/mol. The number of H-pyrrole nitrogens is 1. The van der Waals surface area contributed by atoms with E-state index in [4.69, 9.17) is 4.98 Å². The number of benzene rings is 1. The highest BCUT2D eigenvalue weighted by Crippen LogP contribution is 2.39. The van der Waals surface area contributed by atoms with Crippen LogP contribution in [0.5, 0.6) is 0 Å². The van der Waals surface area contributed by atoms with Gasteiger partial charge in [-0.3, -0.25) is 0 Å². The van der Waals surface area contributed by atoms with Gasteiger partial charge < -0.3 is 4.98 Å². The zero-order valence-corrected chi connectivity index (χ0v) is 12.2. The Bertz CT molecular complexity index is 906. The van der Waals surface area contributed by atoms with Crippen molar-refractivity contribution >= 4 is 22.4 Å². The predicted octanol–water partition coefficient (Wildman–Crippen LogP) is 4.46. The van der Waals surface area contributed by atoms with Crippen molar-refractivity contribution in [3.63, 3.8) is 0 Å². The molecule has 4 rings (SSSR count). The van der Waals surface area contributed by atoms with Gasteiger partial charge in [0.05, 0.1) is 15.6 Å². The second-order valence-corrected chi connectivity index (χ2v) is 6.00. The summed E-state index contributed by atoms with van der Waals surface area (Å²) in [5, 5.41) is 2.19. The van der Waals surface area contributed by atoms with Gasteiger partial charge in [-0.25, -0.2) is 9.97 Å². The molecule has 0 aliphatic heterocycles. The van der Waals surface area contributed by atoms with Crippen LogP contribution in [0.4, 0.5) is 0 Å². The van der Waals surface area contributed by atoms with E-state index in [1.165, 1.54) is 10.4 Å². The van der Waals surface area contributed by atoms with Crippen LogP contribution < -0.4 is 0 Å². The van der Waals surface area contributed by atoms with E-state index in [1.807, 2.05) is 43.6 Å². The fraction of sp³-hybridized carbons (Fsp3) is 0.0588. The first kappa shape index (κ1) is 12.3. The lowest BCUT2D eigenvalue weighted by Gasteiger charge is -2.04. The number of fused-ring (bicyclic) bond motifs is 1. The van der Waals surface area contributed by atoms with Crippen molar-refractivity contribution in [3.8, 4) is 21.7 Å². The Labute approximate surface area is 126 Å². The van der Waals surface area contributed by atoms with Gasteiger partial charge in [0.15, 0.2) is 0 Å². The number of aromatic nitrogens is 3. The summed E-state index contributed by atoms with van der Waals surface area (Å²) < 4.78 is 0. The van der Waals surface area contributed by atoms with E-state index < -0.39 is 0 Å². The molecule has 0 aliphatic rings. The topological polar surface area (TPSA) is 41.6 Å². The lowest BCUT2D eigenvalue weighted by atomic mass is 10.1. The monoisotopic (exact) mass is 290 g/mol. The minimum absolute atomic E-state index is 0.908. The average molecular weight is 290 g/mol. The Hall–Kier alpha value is -2.46. The van der Waals surface area contributed by atoms with E-state index in [0.717, 1.165) is 27.3 Å². The highest BCUT2D eigenvalue weighted by atomic mass is 32.1. The van der Waals surface area contributed by atoms with Crippen molar-refractivity contribution in [2.24, 2.45) is 0 Å². The third kappa shape index (κ3) is 2.04. The summed E-state index contributed by atoms with van der Waals surface area (Å²) >= 11 is 1.72. The fourth-order valence-corrected chi connectivity index (χ4v) is 3.49. The minimum Gasteiger partial charge on any atom is -0.346 e. The molecule has 4 heteroatoms. The van der Waals surface area contributed by atoms with Gasteiger partial charge in [0, 0.05) is 28.9 Å². The summed E-state index contributed by atoms with van der Waals surface area (Å²) in [4.78, 5) is 13.4. The molecule has 0 aliphatic carbocycles. The number of aromatic amines is 1. The Kier molecular flexibility index (Phi) is 2.82. The Balaban J connectivity index is 2.00. The molecule has 0 unspecified atom stereocenters. The van der Waals surface area contributed by atoms with Crippen molar-refractivity contribution in [2.45, 2.75) is 6.92 Å². The van der Waals surface area contributed by atoms with Crippen LogP contribution >= 0.6 is 11.3 Å². The van der Waals surface area contributed by atoms with Gasteiger partial charge >= 0.3 is 0 Å². The van der Waals surface area contributed by atoms with E-state index in [1.54, 1.807) is 11.3 Å². The molecule has 0 amide bonds. The van der Waals surface area contributed by atoms with Gasteiger partial charge in [0.1, 0.15) is 5.65 Å². The third-order valence-corrected chi connectivity index (χ3v) is 4.43. The SMILES string of the molecule is Cc1nc(-c2cc[c]cc2)c(-c2ccnc3[nH]ccc23)s1. The molecule has 1 aromatic carbocycles. The molecule has 21 heavy (non-hydrogen) atoms. The van der Waals surface area contributed by atoms with Crippen LogP contribution in [-0.2, 0) is 0 Å². The molecule has 1 N–H and O–H groups in total. The molecule has 4 aromatic rings. The van der Waals surface area contributed by atoms with Gasteiger partial charge in [0.2, 0.25) is 0 Å². The van der Waals surface area contributed by atoms with Crippen molar-refractivity contribution in [1.82, 2.24) is 15.0 Å². The molecule has 0 fully saturated rings. The lowest BCUT2D eigenvalue weighted by Crippen LogP contribution is -1.84. The van der Waals surface area contributed by atoms with Crippen LogP contribution in [-0.4, -0.2) is 15.0 Å². The van der Waals surface area contributed by atoms with Crippen molar-refractivity contribution in [2.75, 3.05) is 0 Å². The summed E-state index contributed by atoms with van der Waals surface area (Å²) in [7, 11) is 0. The highest BCUT2D eigenvalue weighted by Gasteiger charge is 2.15. The van der Waals surface area contributed by atoms with Crippen LogP contribution in [0.2, 0.25) is 0 Å². The fourth-order valence-electron chi connectivity index (χ4n) is 2.51. The number of nitrogens with one attached hydrogen (secondary N) is 1. The smallest absolute Gasteiger partial charge is 0.137 e. The van der Waals surface area contributed by atoms with E-state index in [0.29, 0.717) is 0 Å². The number of aryl methyl sites for hydroxylation is 1. The quantitative estimate of drug-likeness (QED) is 0.592. The standard InChI is InChI=1S/C17H12N3S/c1-11-20-15(12-5-3-2-4-6-12)16(21-11)13-7-9-18-17-14(13)8-10-19-17/h3-10H,1H3,(H,18,19). The maximum atomic E-state index is 4.72. The molecule has 3 aromatic heterocycles. The van der Waals surface area contributed by atoms with Gasteiger partial charge in [0.25, 0.3) is 0 Å². The molecule has 0 saturated heterocycles. The Morgan fingerprint density at radius 3 is 2.86 bits per heavy atom. The molecule has 1 radical (unpaired) electrons. The summed E-state index contributed by atoms with van der Waals surface area (Å²) in [6, 6.07) is 15.1. The van der Waals surface area contributed by atoms with E-state index >= 15 is 0 Å². The largest absolute Gasteiger partial charge is 0.346 e. The van der Waals surface area contributed by atoms with Crippen LogP contribution in [0.1, 0.15) is 5.01 Å². The molecule has 0 atom stereocenters. The summed E-state index contributed by atoms with van der Waals surface area (Å²) in [6.07, 6.45) is 3.76. The number of hydrogen-bond donors (Lipinski definition) is 1. The Morgan fingerprint density at radius 1 is 1.14 bits per heavy atom.